The Hall–Kier alpha value is -1.26. The van der Waals surface area contributed by atoms with Gasteiger partial charge in [-0.2, -0.15) is 0 Å². The molecule has 1 aliphatic rings. The largest absolute Gasteiger partial charge is 0.444 e. The Balaban J connectivity index is 1.77. The number of benzene rings is 1. The van der Waals surface area contributed by atoms with E-state index < -0.39 is 5.60 Å². The molecule has 1 aliphatic heterocycles. The lowest BCUT2D eigenvalue weighted by Crippen LogP contribution is -2.60. The quantitative estimate of drug-likeness (QED) is 0.927. The van der Waals surface area contributed by atoms with Crippen LogP contribution in [0.2, 0.25) is 5.02 Å². The first-order chi connectivity index (χ1) is 9.74. The van der Waals surface area contributed by atoms with E-state index in [4.69, 9.17) is 16.3 Å². The number of halogens is 1. The Bertz CT molecular complexity index is 490. The summed E-state index contributed by atoms with van der Waals surface area (Å²) in [5, 5.41) is 4.25. The molecule has 21 heavy (non-hydrogen) atoms. The first-order valence-electron chi connectivity index (χ1n) is 7.24. The van der Waals surface area contributed by atoms with Crippen LogP contribution in [0.4, 0.5) is 4.79 Å². The Morgan fingerprint density at radius 1 is 1.33 bits per heavy atom. The van der Waals surface area contributed by atoms with Crippen LogP contribution in [0.15, 0.2) is 24.3 Å². The monoisotopic (exact) mass is 310 g/mol. The fraction of sp³-hybridized carbons (Fsp3) is 0.562. The van der Waals surface area contributed by atoms with Gasteiger partial charge in [-0.1, -0.05) is 23.7 Å². The van der Waals surface area contributed by atoms with Crippen molar-refractivity contribution in [3.8, 4) is 0 Å². The predicted molar refractivity (Wildman–Crippen MR) is 84.6 cm³/mol. The predicted octanol–water partition coefficient (Wildman–Crippen LogP) is 3.61. The topological polar surface area (TPSA) is 41.6 Å². The molecule has 0 spiro atoms. The van der Waals surface area contributed by atoms with E-state index in [2.05, 4.69) is 12.2 Å². The van der Waals surface area contributed by atoms with Gasteiger partial charge in [0.05, 0.1) is 0 Å². The fourth-order valence-electron chi connectivity index (χ4n) is 2.26. The van der Waals surface area contributed by atoms with Gasteiger partial charge in [-0.3, -0.25) is 0 Å². The molecule has 1 aromatic carbocycles. The standard InChI is InChI=1S/C16H23ClN2O2/c1-11(12-5-7-13(17)8-6-12)18-14-9-19(10-14)15(20)21-16(2,3)4/h5-8,11,14,18H,9-10H2,1-4H3/t11-/m1/s1. The zero-order valence-corrected chi connectivity index (χ0v) is 13.8. The molecule has 0 saturated carbocycles. The van der Waals surface area contributed by atoms with Crippen LogP contribution in [0.3, 0.4) is 0 Å². The highest BCUT2D eigenvalue weighted by Crippen LogP contribution is 2.20. The molecular formula is C16H23ClN2O2. The maximum absolute atomic E-state index is 11.8. The minimum Gasteiger partial charge on any atom is -0.444 e. The zero-order valence-electron chi connectivity index (χ0n) is 13.0. The Morgan fingerprint density at radius 3 is 2.43 bits per heavy atom. The summed E-state index contributed by atoms with van der Waals surface area (Å²) >= 11 is 5.89. The third-order valence-corrected chi connectivity index (χ3v) is 3.64. The summed E-state index contributed by atoms with van der Waals surface area (Å²) in [6, 6.07) is 8.36. The van der Waals surface area contributed by atoms with Crippen molar-refractivity contribution in [3.63, 3.8) is 0 Å². The van der Waals surface area contributed by atoms with Gasteiger partial charge in [0.2, 0.25) is 0 Å². The van der Waals surface area contributed by atoms with Gasteiger partial charge in [0.25, 0.3) is 0 Å². The average molecular weight is 311 g/mol. The molecule has 1 N–H and O–H groups in total. The first kappa shape index (κ1) is 16.1. The molecular weight excluding hydrogens is 288 g/mol. The van der Waals surface area contributed by atoms with Gasteiger partial charge in [-0.05, 0) is 45.4 Å². The maximum atomic E-state index is 11.8. The number of hydrogen-bond donors (Lipinski definition) is 1. The number of ether oxygens (including phenoxy) is 1. The number of carbonyl (C=O) groups excluding carboxylic acids is 1. The van der Waals surface area contributed by atoms with Crippen molar-refractivity contribution in [3.05, 3.63) is 34.9 Å². The van der Waals surface area contributed by atoms with Gasteiger partial charge in [-0.25, -0.2) is 4.79 Å². The van der Waals surface area contributed by atoms with E-state index in [-0.39, 0.29) is 12.1 Å². The van der Waals surface area contributed by atoms with Crippen molar-refractivity contribution < 1.29 is 9.53 Å². The molecule has 1 heterocycles. The van der Waals surface area contributed by atoms with Gasteiger partial charge in [0, 0.05) is 30.2 Å². The number of likely N-dealkylation sites (tertiary alicyclic amines) is 1. The van der Waals surface area contributed by atoms with E-state index in [1.165, 1.54) is 5.56 Å². The van der Waals surface area contributed by atoms with Gasteiger partial charge in [-0.15, -0.1) is 0 Å². The van der Waals surface area contributed by atoms with Crippen molar-refractivity contribution in [2.45, 2.75) is 45.4 Å². The van der Waals surface area contributed by atoms with Crippen LogP contribution >= 0.6 is 11.6 Å². The van der Waals surface area contributed by atoms with E-state index in [9.17, 15) is 4.79 Å². The highest BCUT2D eigenvalue weighted by Gasteiger charge is 2.34. The lowest BCUT2D eigenvalue weighted by Gasteiger charge is -2.41. The second-order valence-electron chi connectivity index (χ2n) is 6.52. The molecule has 5 heteroatoms. The average Bonchev–Trinajstić information content (AvgIpc) is 2.31. The van der Waals surface area contributed by atoms with E-state index >= 15 is 0 Å². The number of amides is 1. The molecule has 0 radical (unpaired) electrons. The van der Waals surface area contributed by atoms with Gasteiger partial charge in [0.15, 0.2) is 0 Å². The lowest BCUT2D eigenvalue weighted by atomic mass is 10.0. The smallest absolute Gasteiger partial charge is 0.410 e. The molecule has 116 valence electrons. The number of carbonyl (C=O) groups is 1. The molecule has 0 aromatic heterocycles. The zero-order chi connectivity index (χ0) is 15.6. The van der Waals surface area contributed by atoms with Crippen LogP contribution < -0.4 is 5.32 Å². The molecule has 1 aromatic rings. The minimum absolute atomic E-state index is 0.230. The van der Waals surface area contributed by atoms with Crippen LogP contribution in [0.5, 0.6) is 0 Å². The van der Waals surface area contributed by atoms with Gasteiger partial charge < -0.3 is 15.0 Å². The molecule has 4 nitrogen and oxygen atoms in total. The van der Waals surface area contributed by atoms with Gasteiger partial charge >= 0.3 is 6.09 Å². The second-order valence-corrected chi connectivity index (χ2v) is 6.96. The fourth-order valence-corrected chi connectivity index (χ4v) is 2.39. The van der Waals surface area contributed by atoms with Crippen LogP contribution in [-0.4, -0.2) is 35.7 Å². The Morgan fingerprint density at radius 2 is 1.90 bits per heavy atom. The summed E-state index contributed by atoms with van der Waals surface area (Å²) < 4.78 is 5.34. The van der Waals surface area contributed by atoms with E-state index in [0.29, 0.717) is 19.1 Å². The van der Waals surface area contributed by atoms with Crippen molar-refractivity contribution >= 4 is 17.7 Å². The Labute approximate surface area is 131 Å². The van der Waals surface area contributed by atoms with Crippen LogP contribution in [-0.2, 0) is 4.74 Å². The molecule has 0 unspecified atom stereocenters. The summed E-state index contributed by atoms with van der Waals surface area (Å²) in [6.45, 7) is 9.12. The van der Waals surface area contributed by atoms with Crippen molar-refractivity contribution in [2.75, 3.05) is 13.1 Å². The summed E-state index contributed by atoms with van der Waals surface area (Å²) in [6.07, 6.45) is -0.236. The minimum atomic E-state index is -0.438. The van der Waals surface area contributed by atoms with Crippen LogP contribution in [0.1, 0.15) is 39.3 Å². The third-order valence-electron chi connectivity index (χ3n) is 3.39. The maximum Gasteiger partial charge on any atom is 0.410 e. The lowest BCUT2D eigenvalue weighted by molar-refractivity contribution is 0.00434. The van der Waals surface area contributed by atoms with Gasteiger partial charge in [0.1, 0.15) is 5.60 Å². The Kier molecular flexibility index (Phi) is 4.79. The number of nitrogens with zero attached hydrogens (tertiary/aromatic N) is 1. The molecule has 1 atom stereocenters. The third kappa shape index (κ3) is 4.61. The molecule has 0 aliphatic carbocycles. The van der Waals surface area contributed by atoms with E-state index in [0.717, 1.165) is 5.02 Å². The summed E-state index contributed by atoms with van der Waals surface area (Å²) in [4.78, 5) is 13.6. The van der Waals surface area contributed by atoms with Crippen molar-refractivity contribution in [2.24, 2.45) is 0 Å². The van der Waals surface area contributed by atoms with Crippen molar-refractivity contribution in [1.29, 1.82) is 0 Å². The highest BCUT2D eigenvalue weighted by atomic mass is 35.5. The summed E-state index contributed by atoms with van der Waals surface area (Å²) in [7, 11) is 0. The summed E-state index contributed by atoms with van der Waals surface area (Å²) in [5.41, 5.74) is 0.752. The van der Waals surface area contributed by atoms with Crippen molar-refractivity contribution in [1.82, 2.24) is 10.2 Å². The summed E-state index contributed by atoms with van der Waals surface area (Å²) in [5.74, 6) is 0. The molecule has 0 bridgehead atoms. The van der Waals surface area contributed by atoms with Crippen LogP contribution in [0, 0.1) is 0 Å². The number of rotatable bonds is 3. The highest BCUT2D eigenvalue weighted by molar-refractivity contribution is 6.30. The normalized spacial score (nSPS) is 17.3. The number of hydrogen-bond acceptors (Lipinski definition) is 3. The van der Waals surface area contributed by atoms with E-state index in [1.54, 1.807) is 4.90 Å². The molecule has 1 fully saturated rings. The second kappa shape index (κ2) is 6.24. The molecule has 1 saturated heterocycles. The van der Waals surface area contributed by atoms with E-state index in [1.807, 2.05) is 45.0 Å². The van der Waals surface area contributed by atoms with Crippen LogP contribution in [0.25, 0.3) is 0 Å². The first-order valence-corrected chi connectivity index (χ1v) is 7.62. The molecule has 1 amide bonds. The number of nitrogens with one attached hydrogen (secondary N) is 1. The SMILES string of the molecule is C[C@@H](NC1CN(C(=O)OC(C)(C)C)C1)c1ccc(Cl)cc1. The molecule has 2 rings (SSSR count).